The predicted molar refractivity (Wildman–Crippen MR) is 82.8 cm³/mol. The van der Waals surface area contributed by atoms with E-state index >= 15 is 0 Å². The lowest BCUT2D eigenvalue weighted by Crippen LogP contribution is -2.40. The first-order valence-electron chi connectivity index (χ1n) is 7.05. The van der Waals surface area contributed by atoms with Crippen molar-refractivity contribution in [2.75, 3.05) is 24.3 Å². The van der Waals surface area contributed by atoms with Crippen LogP contribution in [0.1, 0.15) is 31.2 Å². The number of thioether (sulfide) groups is 1. The van der Waals surface area contributed by atoms with E-state index in [1.807, 2.05) is 0 Å². The number of hydrogen-bond donors (Lipinski definition) is 2. The average Bonchev–Trinajstić information content (AvgIpc) is 2.47. The zero-order chi connectivity index (χ0) is 13.7. The lowest BCUT2D eigenvalue weighted by Gasteiger charge is -2.39. The Morgan fingerprint density at radius 1 is 1.42 bits per heavy atom. The van der Waals surface area contributed by atoms with Gasteiger partial charge in [-0.1, -0.05) is 6.07 Å². The first-order chi connectivity index (χ1) is 9.31. The number of benzene rings is 1. The Hall–Kier alpha value is -0.710. The van der Waals surface area contributed by atoms with Crippen LogP contribution in [0.2, 0.25) is 0 Å². The zero-order valence-electron chi connectivity index (χ0n) is 11.6. The molecule has 19 heavy (non-hydrogen) atoms. The summed E-state index contributed by atoms with van der Waals surface area (Å²) in [5.41, 5.74) is 8.48. The topological polar surface area (TPSA) is 49.5 Å². The second kappa shape index (κ2) is 7.17. The van der Waals surface area contributed by atoms with Gasteiger partial charge in [-0.25, -0.2) is 0 Å². The molecule has 4 heteroatoms. The normalized spacial score (nSPS) is 19.7. The van der Waals surface area contributed by atoms with Gasteiger partial charge in [0.05, 0.1) is 0 Å². The molecule has 0 saturated carbocycles. The highest BCUT2D eigenvalue weighted by Gasteiger charge is 2.24. The number of rotatable bonds is 5. The summed E-state index contributed by atoms with van der Waals surface area (Å²) in [6.07, 6.45) is 6.62. The molecular weight excluding hydrogens is 256 g/mol. The predicted octanol–water partition coefficient (Wildman–Crippen LogP) is 2.61. The molecule has 0 amide bonds. The molecule has 0 aromatic heterocycles. The van der Waals surface area contributed by atoms with Gasteiger partial charge in [-0.3, -0.25) is 0 Å². The van der Waals surface area contributed by atoms with E-state index in [-0.39, 0.29) is 6.61 Å². The maximum atomic E-state index is 9.25. The summed E-state index contributed by atoms with van der Waals surface area (Å²) in [6.45, 7) is 1.92. The van der Waals surface area contributed by atoms with Gasteiger partial charge >= 0.3 is 0 Å². The molecule has 1 aliphatic heterocycles. The lowest BCUT2D eigenvalue weighted by molar-refractivity contribution is 0.262. The van der Waals surface area contributed by atoms with E-state index in [2.05, 4.69) is 29.4 Å². The van der Waals surface area contributed by atoms with E-state index in [0.29, 0.717) is 12.6 Å². The summed E-state index contributed by atoms with van der Waals surface area (Å²) in [5, 5.41) is 9.25. The number of aliphatic hydroxyl groups is 1. The number of piperidine rings is 1. The Kier molecular flexibility index (Phi) is 5.55. The fourth-order valence-corrected chi connectivity index (χ4v) is 3.64. The van der Waals surface area contributed by atoms with Crippen LogP contribution in [-0.4, -0.2) is 30.6 Å². The fraction of sp³-hybridized carbons (Fsp3) is 0.600. The Labute approximate surface area is 120 Å². The van der Waals surface area contributed by atoms with Gasteiger partial charge in [0.25, 0.3) is 0 Å². The van der Waals surface area contributed by atoms with Gasteiger partial charge in [0, 0.05) is 41.9 Å². The molecule has 0 radical (unpaired) electrons. The van der Waals surface area contributed by atoms with Gasteiger partial charge in [0.1, 0.15) is 0 Å². The SMILES string of the molecule is CSc1cccc(N2CCCCC2CCO)c1CN. The minimum absolute atomic E-state index is 0.265. The Morgan fingerprint density at radius 2 is 2.26 bits per heavy atom. The highest BCUT2D eigenvalue weighted by molar-refractivity contribution is 7.98. The van der Waals surface area contributed by atoms with Crippen molar-refractivity contribution < 1.29 is 5.11 Å². The molecule has 1 atom stereocenters. The molecule has 1 heterocycles. The molecule has 3 N–H and O–H groups in total. The van der Waals surface area contributed by atoms with Crippen molar-refractivity contribution in [1.82, 2.24) is 0 Å². The van der Waals surface area contributed by atoms with Crippen molar-refractivity contribution in [1.29, 1.82) is 0 Å². The standard InChI is InChI=1S/C15H24N2OS/c1-19-15-7-4-6-14(13(15)11-16)17-9-3-2-5-12(17)8-10-18/h4,6-7,12,18H,2-3,5,8-11,16H2,1H3. The van der Waals surface area contributed by atoms with E-state index in [4.69, 9.17) is 5.73 Å². The van der Waals surface area contributed by atoms with Crippen molar-refractivity contribution >= 4 is 17.4 Å². The summed E-state index contributed by atoms with van der Waals surface area (Å²) in [4.78, 5) is 3.73. The Morgan fingerprint density at radius 3 is 2.95 bits per heavy atom. The summed E-state index contributed by atoms with van der Waals surface area (Å²) in [7, 11) is 0. The summed E-state index contributed by atoms with van der Waals surface area (Å²) in [6, 6.07) is 6.89. The van der Waals surface area contributed by atoms with Crippen LogP contribution < -0.4 is 10.6 Å². The van der Waals surface area contributed by atoms with Crippen molar-refractivity contribution in [3.05, 3.63) is 23.8 Å². The van der Waals surface area contributed by atoms with Crippen LogP contribution in [-0.2, 0) is 6.54 Å². The van der Waals surface area contributed by atoms with Crippen LogP contribution in [0.3, 0.4) is 0 Å². The maximum absolute atomic E-state index is 9.25. The molecule has 0 bridgehead atoms. The van der Waals surface area contributed by atoms with Crippen LogP contribution in [0.5, 0.6) is 0 Å². The van der Waals surface area contributed by atoms with Gasteiger partial charge in [-0.15, -0.1) is 11.8 Å². The smallest absolute Gasteiger partial charge is 0.0450 e. The first kappa shape index (κ1) is 14.7. The molecule has 0 aliphatic carbocycles. The van der Waals surface area contributed by atoms with Crippen molar-refractivity contribution in [3.63, 3.8) is 0 Å². The monoisotopic (exact) mass is 280 g/mol. The lowest BCUT2D eigenvalue weighted by atomic mass is 9.97. The molecular formula is C15H24N2OS. The molecule has 1 aromatic rings. The second-order valence-corrected chi connectivity index (χ2v) is 5.87. The summed E-state index contributed by atoms with van der Waals surface area (Å²) in [5.74, 6) is 0. The molecule has 0 spiro atoms. The van der Waals surface area contributed by atoms with Crippen LogP contribution >= 0.6 is 11.8 Å². The number of nitrogens with two attached hydrogens (primary N) is 1. The molecule has 1 aliphatic rings. The third kappa shape index (κ3) is 3.25. The quantitative estimate of drug-likeness (QED) is 0.814. The van der Waals surface area contributed by atoms with Crippen LogP contribution in [0, 0.1) is 0 Å². The van der Waals surface area contributed by atoms with E-state index in [1.54, 1.807) is 11.8 Å². The summed E-state index contributed by atoms with van der Waals surface area (Å²) < 4.78 is 0. The minimum Gasteiger partial charge on any atom is -0.396 e. The average molecular weight is 280 g/mol. The van der Waals surface area contributed by atoms with E-state index in [0.717, 1.165) is 13.0 Å². The van der Waals surface area contributed by atoms with Crippen molar-refractivity contribution in [3.8, 4) is 0 Å². The van der Waals surface area contributed by atoms with Crippen molar-refractivity contribution in [2.24, 2.45) is 5.73 Å². The number of anilines is 1. The Balaban J connectivity index is 2.32. The van der Waals surface area contributed by atoms with E-state index in [1.165, 1.54) is 35.4 Å². The minimum atomic E-state index is 0.265. The molecule has 1 unspecified atom stereocenters. The summed E-state index contributed by atoms with van der Waals surface area (Å²) >= 11 is 1.76. The second-order valence-electron chi connectivity index (χ2n) is 5.02. The molecule has 1 aromatic carbocycles. The largest absolute Gasteiger partial charge is 0.396 e. The molecule has 1 fully saturated rings. The van der Waals surface area contributed by atoms with E-state index < -0.39 is 0 Å². The maximum Gasteiger partial charge on any atom is 0.0450 e. The molecule has 106 valence electrons. The van der Waals surface area contributed by atoms with Gasteiger partial charge in [-0.2, -0.15) is 0 Å². The highest BCUT2D eigenvalue weighted by atomic mass is 32.2. The number of hydrogen-bond acceptors (Lipinski definition) is 4. The van der Waals surface area contributed by atoms with Crippen LogP contribution in [0.25, 0.3) is 0 Å². The molecule has 3 nitrogen and oxygen atoms in total. The van der Waals surface area contributed by atoms with Crippen LogP contribution in [0.4, 0.5) is 5.69 Å². The molecule has 2 rings (SSSR count). The zero-order valence-corrected chi connectivity index (χ0v) is 12.5. The first-order valence-corrected chi connectivity index (χ1v) is 8.27. The van der Waals surface area contributed by atoms with Gasteiger partial charge in [-0.05, 0) is 44.1 Å². The number of aliphatic hydroxyl groups excluding tert-OH is 1. The Bertz CT molecular complexity index is 409. The third-order valence-electron chi connectivity index (χ3n) is 3.93. The highest BCUT2D eigenvalue weighted by Crippen LogP contribution is 2.33. The van der Waals surface area contributed by atoms with Crippen LogP contribution in [0.15, 0.2) is 23.1 Å². The fourth-order valence-electron chi connectivity index (χ4n) is 2.99. The van der Waals surface area contributed by atoms with Gasteiger partial charge in [0.2, 0.25) is 0 Å². The van der Waals surface area contributed by atoms with Crippen molar-refractivity contribution in [2.45, 2.75) is 43.2 Å². The van der Waals surface area contributed by atoms with E-state index in [9.17, 15) is 5.11 Å². The van der Waals surface area contributed by atoms with Gasteiger partial charge in [0.15, 0.2) is 0 Å². The van der Waals surface area contributed by atoms with Gasteiger partial charge < -0.3 is 15.7 Å². The molecule has 1 saturated heterocycles. The third-order valence-corrected chi connectivity index (χ3v) is 4.75. The number of nitrogens with zero attached hydrogens (tertiary/aromatic N) is 1.